The average Bonchev–Trinajstić information content (AvgIpc) is 3.51. The van der Waals surface area contributed by atoms with Gasteiger partial charge in [0.25, 0.3) is 11.8 Å². The van der Waals surface area contributed by atoms with Crippen molar-refractivity contribution in [3.63, 3.8) is 0 Å². The van der Waals surface area contributed by atoms with Gasteiger partial charge >= 0.3 is 6.18 Å². The van der Waals surface area contributed by atoms with Crippen LogP contribution in [-0.2, 0) is 11.0 Å². The molecule has 0 radical (unpaired) electrons. The molecule has 1 heterocycles. The molecule has 5 nitrogen and oxygen atoms in total. The van der Waals surface area contributed by atoms with E-state index in [0.29, 0.717) is 5.82 Å². The third-order valence-corrected chi connectivity index (χ3v) is 5.60. The monoisotopic (exact) mass is 433 g/mol. The number of halogens is 4. The van der Waals surface area contributed by atoms with Gasteiger partial charge in [-0.2, -0.15) is 13.2 Å². The Morgan fingerprint density at radius 2 is 1.84 bits per heavy atom. The molecule has 1 saturated heterocycles. The van der Waals surface area contributed by atoms with Crippen LogP contribution < -0.4 is 16.0 Å². The molecule has 3 N–H and O–H groups in total. The first-order valence-corrected chi connectivity index (χ1v) is 9.64. The normalized spacial score (nSPS) is 20.9. The van der Waals surface area contributed by atoms with Gasteiger partial charge in [0.15, 0.2) is 0 Å². The summed E-state index contributed by atoms with van der Waals surface area (Å²) in [4.78, 5) is 25.4. The lowest BCUT2D eigenvalue weighted by Gasteiger charge is -2.27. The first kappa shape index (κ1) is 20.9. The first-order chi connectivity index (χ1) is 14.6. The molecule has 2 fully saturated rings. The second-order valence-electron chi connectivity index (χ2n) is 7.75. The van der Waals surface area contributed by atoms with Gasteiger partial charge in [0.1, 0.15) is 11.4 Å². The zero-order chi connectivity index (χ0) is 22.4. The molecular weight excluding hydrogens is 414 g/mol. The highest BCUT2D eigenvalue weighted by Gasteiger charge is 2.54. The van der Waals surface area contributed by atoms with Crippen LogP contribution >= 0.6 is 0 Å². The molecule has 1 aliphatic heterocycles. The number of nitrogens with one attached hydrogen (secondary N) is 3. The van der Waals surface area contributed by atoms with Crippen LogP contribution in [0.25, 0.3) is 11.1 Å². The van der Waals surface area contributed by atoms with E-state index in [2.05, 4.69) is 22.5 Å². The summed E-state index contributed by atoms with van der Waals surface area (Å²) < 4.78 is 52.4. The highest BCUT2D eigenvalue weighted by Crippen LogP contribution is 2.42. The zero-order valence-electron chi connectivity index (χ0n) is 16.3. The Hall–Kier alpha value is -3.36. The molecule has 2 aromatic rings. The molecule has 1 atom stereocenters. The van der Waals surface area contributed by atoms with Gasteiger partial charge in [-0.1, -0.05) is 18.7 Å². The lowest BCUT2D eigenvalue weighted by molar-refractivity contribution is -0.137. The summed E-state index contributed by atoms with van der Waals surface area (Å²) in [6.45, 7) is 3.70. The van der Waals surface area contributed by atoms with E-state index >= 15 is 0 Å². The highest BCUT2D eigenvalue weighted by atomic mass is 19.4. The number of amides is 2. The Kier molecular flexibility index (Phi) is 4.99. The molecule has 0 aromatic heterocycles. The Labute approximate surface area is 175 Å². The molecule has 0 bridgehead atoms. The Morgan fingerprint density at radius 1 is 1.16 bits per heavy atom. The molecule has 2 aromatic carbocycles. The SMILES string of the molecule is C=C1NC(=O)[C@](CNC(=O)c2ccc(F)cc2-c2ccc(C(F)(F)F)cc2)(C2CC2)N1. The van der Waals surface area contributed by atoms with Gasteiger partial charge in [-0.3, -0.25) is 9.59 Å². The molecule has 1 aliphatic carbocycles. The van der Waals surface area contributed by atoms with Crippen molar-refractivity contribution in [1.29, 1.82) is 0 Å². The van der Waals surface area contributed by atoms with Crippen LogP contribution in [0, 0.1) is 11.7 Å². The summed E-state index contributed by atoms with van der Waals surface area (Å²) in [7, 11) is 0. The predicted octanol–water partition coefficient (Wildman–Crippen LogP) is 3.58. The van der Waals surface area contributed by atoms with Gasteiger partial charge in [-0.15, -0.1) is 0 Å². The third-order valence-electron chi connectivity index (χ3n) is 5.60. The second kappa shape index (κ2) is 7.40. The Balaban J connectivity index is 1.59. The quantitative estimate of drug-likeness (QED) is 0.632. The number of hydrogen-bond donors (Lipinski definition) is 3. The van der Waals surface area contributed by atoms with Crippen molar-refractivity contribution in [3.8, 4) is 11.1 Å². The van der Waals surface area contributed by atoms with Gasteiger partial charge < -0.3 is 16.0 Å². The molecule has 9 heteroatoms. The molecule has 2 amide bonds. The van der Waals surface area contributed by atoms with Gasteiger partial charge in [0.2, 0.25) is 0 Å². The van der Waals surface area contributed by atoms with Crippen LogP contribution in [0.5, 0.6) is 0 Å². The summed E-state index contributed by atoms with van der Waals surface area (Å²) in [5.74, 6) is -1.06. The number of carbonyl (C=O) groups is 2. The molecule has 4 rings (SSSR count). The largest absolute Gasteiger partial charge is 0.416 e. The van der Waals surface area contributed by atoms with E-state index in [9.17, 15) is 27.2 Å². The van der Waals surface area contributed by atoms with Crippen LogP contribution in [0.4, 0.5) is 17.6 Å². The second-order valence-corrected chi connectivity index (χ2v) is 7.75. The molecule has 162 valence electrons. The topological polar surface area (TPSA) is 70.2 Å². The van der Waals surface area contributed by atoms with Gasteiger partial charge in [0, 0.05) is 5.56 Å². The van der Waals surface area contributed by atoms with Crippen LogP contribution in [0.15, 0.2) is 54.9 Å². The van der Waals surface area contributed by atoms with Crippen LogP contribution in [-0.4, -0.2) is 23.9 Å². The minimum Gasteiger partial charge on any atom is -0.356 e. The van der Waals surface area contributed by atoms with E-state index in [-0.39, 0.29) is 35.1 Å². The fourth-order valence-electron chi connectivity index (χ4n) is 3.85. The van der Waals surface area contributed by atoms with Crippen LogP contribution in [0.2, 0.25) is 0 Å². The number of benzene rings is 2. The van der Waals surface area contributed by atoms with E-state index < -0.39 is 29.0 Å². The maximum Gasteiger partial charge on any atom is 0.416 e. The van der Waals surface area contributed by atoms with Crippen molar-refractivity contribution in [1.82, 2.24) is 16.0 Å². The standard InChI is InChI=1S/C22H19F4N3O2/c1-12-28-20(31)21(29-12,14-6-7-14)11-27-19(30)17-9-8-16(23)10-18(17)13-2-4-15(5-3-13)22(24,25)26/h2-5,8-10,14,29H,1,6-7,11H2,(H,27,30)(H,28,31)/t21-/m0/s1. The minimum atomic E-state index is -4.50. The van der Waals surface area contributed by atoms with Crippen molar-refractivity contribution in [2.75, 3.05) is 6.54 Å². The average molecular weight is 433 g/mol. The van der Waals surface area contributed by atoms with Crippen molar-refractivity contribution < 1.29 is 27.2 Å². The molecule has 31 heavy (non-hydrogen) atoms. The maximum absolute atomic E-state index is 13.9. The number of hydrogen-bond acceptors (Lipinski definition) is 3. The van der Waals surface area contributed by atoms with Crippen molar-refractivity contribution in [2.45, 2.75) is 24.6 Å². The van der Waals surface area contributed by atoms with Gasteiger partial charge in [-0.05, 0) is 60.2 Å². The van der Waals surface area contributed by atoms with Crippen LogP contribution in [0.3, 0.4) is 0 Å². The smallest absolute Gasteiger partial charge is 0.356 e. The molecular formula is C22H19F4N3O2. The fraction of sp³-hybridized carbons (Fsp3) is 0.273. The van der Waals surface area contributed by atoms with Gasteiger partial charge in [-0.25, -0.2) is 4.39 Å². The number of carbonyl (C=O) groups excluding carboxylic acids is 2. The summed E-state index contributed by atoms with van der Waals surface area (Å²) in [5, 5.41) is 8.36. The zero-order valence-corrected chi connectivity index (χ0v) is 16.3. The first-order valence-electron chi connectivity index (χ1n) is 9.64. The Bertz CT molecular complexity index is 1060. The minimum absolute atomic E-state index is 0.00875. The highest BCUT2D eigenvalue weighted by molar-refractivity contribution is 6.01. The van der Waals surface area contributed by atoms with Crippen molar-refractivity contribution in [2.24, 2.45) is 5.92 Å². The van der Waals surface area contributed by atoms with Crippen molar-refractivity contribution in [3.05, 3.63) is 71.8 Å². The molecule has 2 aliphatic rings. The lowest BCUT2D eigenvalue weighted by atomic mass is 9.92. The fourth-order valence-corrected chi connectivity index (χ4v) is 3.85. The van der Waals surface area contributed by atoms with E-state index in [1.165, 1.54) is 18.2 Å². The summed E-state index contributed by atoms with van der Waals surface area (Å²) in [5.41, 5.74) is -1.34. The maximum atomic E-state index is 13.9. The van der Waals surface area contributed by atoms with Gasteiger partial charge in [0.05, 0.1) is 17.9 Å². The molecule has 0 unspecified atom stereocenters. The van der Waals surface area contributed by atoms with E-state index in [0.717, 1.165) is 37.1 Å². The summed E-state index contributed by atoms with van der Waals surface area (Å²) in [6, 6.07) is 7.59. The molecule has 1 saturated carbocycles. The van der Waals surface area contributed by atoms with E-state index in [4.69, 9.17) is 0 Å². The van der Waals surface area contributed by atoms with E-state index in [1.807, 2.05) is 0 Å². The molecule has 0 spiro atoms. The number of alkyl halides is 3. The summed E-state index contributed by atoms with van der Waals surface area (Å²) >= 11 is 0. The third kappa shape index (κ3) is 3.99. The van der Waals surface area contributed by atoms with E-state index in [1.54, 1.807) is 0 Å². The number of rotatable bonds is 5. The van der Waals surface area contributed by atoms with Crippen molar-refractivity contribution >= 4 is 11.8 Å². The predicted molar refractivity (Wildman–Crippen MR) is 105 cm³/mol. The van der Waals surface area contributed by atoms with Crippen LogP contribution in [0.1, 0.15) is 28.8 Å². The Morgan fingerprint density at radius 3 is 2.39 bits per heavy atom. The summed E-state index contributed by atoms with van der Waals surface area (Å²) in [6.07, 6.45) is -2.84. The lowest BCUT2D eigenvalue weighted by Crippen LogP contribution is -2.56.